The molecule has 0 unspecified atom stereocenters. The second kappa shape index (κ2) is 4.13. The lowest BCUT2D eigenvalue weighted by molar-refractivity contribution is 0.478. The number of phenols is 1. The normalized spacial score (nSPS) is 10.7. The fourth-order valence-corrected chi connectivity index (χ4v) is 2.03. The van der Waals surface area contributed by atoms with Crippen LogP contribution in [-0.2, 0) is 0 Å². The van der Waals surface area contributed by atoms with Gasteiger partial charge in [0, 0.05) is 17.4 Å². The first-order valence-corrected chi connectivity index (χ1v) is 5.74. The zero-order valence-electron chi connectivity index (χ0n) is 10.0. The predicted octanol–water partition coefficient (Wildman–Crippen LogP) is 2.17. The summed E-state index contributed by atoms with van der Waals surface area (Å²) in [4.78, 5) is 7.95. The molecule has 1 aromatic heterocycles. The Morgan fingerprint density at radius 1 is 0.947 bits per heavy atom. The molecule has 0 saturated heterocycles. The third kappa shape index (κ3) is 2.01. The third-order valence-electron chi connectivity index (χ3n) is 2.93. The lowest BCUT2D eigenvalue weighted by Gasteiger charge is -2.07. The Morgan fingerprint density at radius 3 is 2.58 bits per heavy atom. The van der Waals surface area contributed by atoms with Gasteiger partial charge in [0.25, 0.3) is 0 Å². The highest BCUT2D eigenvalue weighted by molar-refractivity contribution is 5.91. The minimum Gasteiger partial charge on any atom is -0.507 e. The Hall–Kier alpha value is -2.82. The average Bonchev–Trinajstić information content (AvgIpc) is 2.38. The van der Waals surface area contributed by atoms with Gasteiger partial charge >= 0.3 is 0 Å². The van der Waals surface area contributed by atoms with Gasteiger partial charge in [-0.1, -0.05) is 6.07 Å². The molecule has 0 spiro atoms. The molecule has 94 valence electrons. The van der Waals surface area contributed by atoms with Crippen LogP contribution in [0.1, 0.15) is 0 Å². The van der Waals surface area contributed by atoms with Crippen LogP contribution >= 0.6 is 0 Å². The number of hydrogen-bond acceptors (Lipinski definition) is 5. The van der Waals surface area contributed by atoms with E-state index in [1.54, 1.807) is 24.4 Å². The van der Waals surface area contributed by atoms with E-state index in [9.17, 15) is 5.11 Å². The molecule has 0 aliphatic carbocycles. The second-order valence-electron chi connectivity index (χ2n) is 4.28. The van der Waals surface area contributed by atoms with Gasteiger partial charge in [-0.15, -0.1) is 0 Å². The van der Waals surface area contributed by atoms with Gasteiger partial charge in [-0.05, 0) is 41.1 Å². The maximum absolute atomic E-state index is 10.1. The van der Waals surface area contributed by atoms with E-state index in [4.69, 9.17) is 11.5 Å². The summed E-state index contributed by atoms with van der Waals surface area (Å²) in [5, 5.41) is 11.9. The number of aromatic nitrogens is 2. The van der Waals surface area contributed by atoms with Crippen molar-refractivity contribution < 1.29 is 5.11 Å². The van der Waals surface area contributed by atoms with E-state index in [2.05, 4.69) is 9.97 Å². The van der Waals surface area contributed by atoms with Crippen LogP contribution in [0.15, 0.2) is 42.6 Å². The van der Waals surface area contributed by atoms with Crippen molar-refractivity contribution in [2.45, 2.75) is 0 Å². The Labute approximate surface area is 109 Å². The Balaban J connectivity index is 2.26. The molecule has 0 aliphatic heterocycles. The van der Waals surface area contributed by atoms with Crippen LogP contribution in [0, 0.1) is 0 Å². The van der Waals surface area contributed by atoms with Gasteiger partial charge in [0.05, 0.1) is 5.69 Å². The third-order valence-corrected chi connectivity index (χ3v) is 2.93. The fraction of sp³-hybridized carbons (Fsp3) is 0. The van der Waals surface area contributed by atoms with E-state index >= 15 is 0 Å². The summed E-state index contributed by atoms with van der Waals surface area (Å²) in [6, 6.07) is 10.7. The molecule has 0 radical (unpaired) electrons. The predicted molar refractivity (Wildman–Crippen MR) is 75.5 cm³/mol. The molecule has 19 heavy (non-hydrogen) atoms. The molecule has 0 bridgehead atoms. The minimum absolute atomic E-state index is 0.148. The monoisotopic (exact) mass is 252 g/mol. The maximum atomic E-state index is 10.1. The van der Waals surface area contributed by atoms with Crippen molar-refractivity contribution in [1.82, 2.24) is 9.97 Å². The molecule has 3 aromatic rings. The molecule has 1 heterocycles. The first-order chi connectivity index (χ1) is 9.13. The number of nitrogen functional groups attached to an aromatic ring is 2. The maximum Gasteiger partial charge on any atom is 0.220 e. The summed E-state index contributed by atoms with van der Waals surface area (Å²) < 4.78 is 0. The number of nitrogens with zero attached hydrogens (tertiary/aromatic N) is 2. The summed E-state index contributed by atoms with van der Waals surface area (Å²) in [6.07, 6.45) is 1.56. The van der Waals surface area contributed by atoms with Crippen molar-refractivity contribution in [3.63, 3.8) is 0 Å². The first-order valence-electron chi connectivity index (χ1n) is 5.74. The summed E-state index contributed by atoms with van der Waals surface area (Å²) in [6.45, 7) is 0. The van der Waals surface area contributed by atoms with Gasteiger partial charge in [0.2, 0.25) is 5.95 Å². The second-order valence-corrected chi connectivity index (χ2v) is 4.28. The fourth-order valence-electron chi connectivity index (χ4n) is 2.03. The van der Waals surface area contributed by atoms with E-state index in [1.165, 1.54) is 0 Å². The molecular formula is C14H12N4O. The topological polar surface area (TPSA) is 98.0 Å². The number of phenolic OH excluding ortho intramolecular Hbond substituents is 1. The molecule has 0 atom stereocenters. The highest BCUT2D eigenvalue weighted by Gasteiger charge is 2.08. The van der Waals surface area contributed by atoms with Crippen molar-refractivity contribution >= 4 is 22.4 Å². The largest absolute Gasteiger partial charge is 0.507 e. The number of benzene rings is 2. The zero-order valence-corrected chi connectivity index (χ0v) is 10.0. The van der Waals surface area contributed by atoms with Crippen molar-refractivity contribution in [1.29, 1.82) is 0 Å². The minimum atomic E-state index is 0.148. The van der Waals surface area contributed by atoms with Crippen LogP contribution in [0.25, 0.3) is 22.0 Å². The Bertz CT molecular complexity index is 770. The van der Waals surface area contributed by atoms with Gasteiger partial charge in [-0.2, -0.15) is 0 Å². The van der Waals surface area contributed by atoms with Crippen molar-refractivity contribution in [3.05, 3.63) is 42.6 Å². The van der Waals surface area contributed by atoms with Gasteiger partial charge in [-0.3, -0.25) is 0 Å². The molecule has 0 saturated carbocycles. The SMILES string of the molecule is Nc1ccc2cc(O)c(-c3ccnc(N)n3)cc2c1. The number of fused-ring (bicyclic) bond motifs is 1. The van der Waals surface area contributed by atoms with Gasteiger partial charge in [0.15, 0.2) is 0 Å². The van der Waals surface area contributed by atoms with Crippen LogP contribution in [0.5, 0.6) is 5.75 Å². The molecule has 5 heteroatoms. The number of anilines is 2. The van der Waals surface area contributed by atoms with Gasteiger partial charge in [-0.25, -0.2) is 9.97 Å². The number of aromatic hydroxyl groups is 1. The van der Waals surface area contributed by atoms with Crippen molar-refractivity contribution in [2.75, 3.05) is 11.5 Å². The summed E-state index contributed by atoms with van der Waals surface area (Å²) >= 11 is 0. The van der Waals surface area contributed by atoms with Gasteiger partial charge in [0.1, 0.15) is 5.75 Å². The van der Waals surface area contributed by atoms with Crippen LogP contribution < -0.4 is 11.5 Å². The van der Waals surface area contributed by atoms with Crippen molar-refractivity contribution in [3.8, 4) is 17.0 Å². The Morgan fingerprint density at radius 2 is 1.79 bits per heavy atom. The van der Waals surface area contributed by atoms with Crippen molar-refractivity contribution in [2.24, 2.45) is 0 Å². The molecule has 0 aliphatic rings. The van der Waals surface area contributed by atoms with Crippen LogP contribution in [-0.4, -0.2) is 15.1 Å². The molecule has 2 aromatic carbocycles. The highest BCUT2D eigenvalue weighted by atomic mass is 16.3. The number of hydrogen-bond donors (Lipinski definition) is 3. The molecule has 3 rings (SSSR count). The number of rotatable bonds is 1. The molecule has 5 nitrogen and oxygen atoms in total. The number of nitrogens with two attached hydrogens (primary N) is 2. The first kappa shape index (κ1) is 11.3. The lowest BCUT2D eigenvalue weighted by atomic mass is 10.0. The van der Waals surface area contributed by atoms with Gasteiger partial charge < -0.3 is 16.6 Å². The summed E-state index contributed by atoms with van der Waals surface area (Å²) in [5.41, 5.74) is 13.2. The van der Waals surface area contributed by atoms with E-state index in [0.717, 1.165) is 10.8 Å². The smallest absolute Gasteiger partial charge is 0.220 e. The zero-order chi connectivity index (χ0) is 13.4. The summed E-state index contributed by atoms with van der Waals surface area (Å²) in [7, 11) is 0. The molecular weight excluding hydrogens is 240 g/mol. The van der Waals surface area contributed by atoms with E-state index in [1.807, 2.05) is 18.2 Å². The molecule has 5 N–H and O–H groups in total. The molecule has 0 amide bonds. The standard InChI is InChI=1S/C14H12N4O/c15-10-2-1-8-7-13(19)11(6-9(8)5-10)12-3-4-17-14(16)18-12/h1-7,19H,15H2,(H2,16,17,18). The Kier molecular flexibility index (Phi) is 2.45. The summed E-state index contributed by atoms with van der Waals surface area (Å²) in [5.74, 6) is 0.319. The van der Waals surface area contributed by atoms with Crippen LogP contribution in [0.3, 0.4) is 0 Å². The van der Waals surface area contributed by atoms with Crippen LogP contribution in [0.2, 0.25) is 0 Å². The quantitative estimate of drug-likeness (QED) is 0.576. The van der Waals surface area contributed by atoms with E-state index in [0.29, 0.717) is 16.9 Å². The average molecular weight is 252 g/mol. The van der Waals surface area contributed by atoms with Crippen LogP contribution in [0.4, 0.5) is 11.6 Å². The molecule has 0 fully saturated rings. The van der Waals surface area contributed by atoms with E-state index < -0.39 is 0 Å². The lowest BCUT2D eigenvalue weighted by Crippen LogP contribution is -1.95. The highest BCUT2D eigenvalue weighted by Crippen LogP contribution is 2.33. The van der Waals surface area contributed by atoms with E-state index in [-0.39, 0.29) is 11.7 Å².